The van der Waals surface area contributed by atoms with Gasteiger partial charge in [0.05, 0.1) is 16.2 Å². The van der Waals surface area contributed by atoms with E-state index in [2.05, 4.69) is 15.9 Å². The molecule has 1 aromatic rings. The number of fused-ring (bicyclic) bond motifs is 1. The highest BCUT2D eigenvalue weighted by Gasteiger charge is 2.40. The van der Waals surface area contributed by atoms with Crippen molar-refractivity contribution >= 4 is 73.3 Å². The number of carbonyl (C=O) groups is 3. The summed E-state index contributed by atoms with van der Waals surface area (Å²) in [6.45, 7) is 0.427. The number of thiocarbonyl (C=S) groups is 1. The van der Waals surface area contributed by atoms with Crippen LogP contribution in [0.1, 0.15) is 31.2 Å². The van der Waals surface area contributed by atoms with E-state index in [4.69, 9.17) is 17.3 Å². The highest BCUT2D eigenvalue weighted by molar-refractivity contribution is 9.10. The Balaban J connectivity index is 1.81. The van der Waals surface area contributed by atoms with Crippen molar-refractivity contribution in [1.29, 1.82) is 0 Å². The maximum absolute atomic E-state index is 12.9. The fourth-order valence-corrected chi connectivity index (χ4v) is 4.82. The first-order chi connectivity index (χ1) is 12.8. The summed E-state index contributed by atoms with van der Waals surface area (Å²) in [6.07, 6.45) is 2.05. The molecule has 1 N–H and O–H groups in total. The molecule has 0 saturated carbocycles. The van der Waals surface area contributed by atoms with Crippen molar-refractivity contribution in [3.05, 3.63) is 33.1 Å². The van der Waals surface area contributed by atoms with Gasteiger partial charge in [-0.1, -0.05) is 46.3 Å². The van der Waals surface area contributed by atoms with Gasteiger partial charge < -0.3 is 10.0 Å². The second kappa shape index (κ2) is 8.12. The summed E-state index contributed by atoms with van der Waals surface area (Å²) in [7, 11) is 1.69. The normalized spacial score (nSPS) is 19.3. The van der Waals surface area contributed by atoms with Crippen molar-refractivity contribution in [2.24, 2.45) is 0 Å². The summed E-state index contributed by atoms with van der Waals surface area (Å²) in [5.41, 5.74) is 1.87. The number of carboxylic acid groups (broad SMARTS) is 1. The molecule has 2 amide bonds. The summed E-state index contributed by atoms with van der Waals surface area (Å²) in [5.74, 6) is -1.29. The molecule has 2 aliphatic heterocycles. The van der Waals surface area contributed by atoms with E-state index >= 15 is 0 Å². The van der Waals surface area contributed by atoms with Gasteiger partial charge in [-0.05, 0) is 31.0 Å². The average Bonchev–Trinajstić information content (AvgIpc) is 3.01. The predicted molar refractivity (Wildman–Crippen MR) is 112 cm³/mol. The third-order valence-electron chi connectivity index (χ3n) is 4.46. The SMILES string of the molecule is CN1C(=O)/C(=C2\SC(=S)N(CCCCCC(=O)O)C2=O)c2cc(Br)ccc21. The van der Waals surface area contributed by atoms with E-state index in [0.29, 0.717) is 40.6 Å². The number of nitrogens with zero attached hydrogens (tertiary/aromatic N) is 2. The quantitative estimate of drug-likeness (QED) is 0.390. The van der Waals surface area contributed by atoms with Crippen LogP contribution >= 0.6 is 39.9 Å². The molecule has 0 bridgehead atoms. The molecule has 0 aliphatic carbocycles. The molecule has 1 fully saturated rings. The van der Waals surface area contributed by atoms with E-state index in [-0.39, 0.29) is 18.2 Å². The van der Waals surface area contributed by atoms with Gasteiger partial charge in [0.1, 0.15) is 4.32 Å². The minimum Gasteiger partial charge on any atom is -0.481 e. The molecule has 0 atom stereocenters. The number of hydrogen-bond donors (Lipinski definition) is 1. The smallest absolute Gasteiger partial charge is 0.303 e. The number of hydrogen-bond acceptors (Lipinski definition) is 5. The molecule has 0 unspecified atom stereocenters. The largest absolute Gasteiger partial charge is 0.481 e. The highest BCUT2D eigenvalue weighted by Crippen LogP contribution is 2.44. The van der Waals surface area contributed by atoms with Crippen molar-refractivity contribution in [2.75, 3.05) is 18.5 Å². The van der Waals surface area contributed by atoms with Gasteiger partial charge in [-0.2, -0.15) is 0 Å². The molecule has 3 rings (SSSR count). The maximum Gasteiger partial charge on any atom is 0.303 e. The molecule has 9 heteroatoms. The molecule has 6 nitrogen and oxygen atoms in total. The first-order valence-corrected chi connectivity index (χ1v) is 10.4. The third-order valence-corrected chi connectivity index (χ3v) is 6.40. The molecule has 27 heavy (non-hydrogen) atoms. The molecule has 0 spiro atoms. The van der Waals surface area contributed by atoms with Crippen molar-refractivity contribution in [3.8, 4) is 0 Å². The van der Waals surface area contributed by atoms with Crippen LogP contribution in [0.2, 0.25) is 0 Å². The van der Waals surface area contributed by atoms with E-state index in [1.165, 1.54) is 9.80 Å². The van der Waals surface area contributed by atoms with Crippen molar-refractivity contribution in [3.63, 3.8) is 0 Å². The number of unbranched alkanes of at least 4 members (excludes halogenated alkanes) is 2. The van der Waals surface area contributed by atoms with Crippen LogP contribution in [0.5, 0.6) is 0 Å². The zero-order valence-corrected chi connectivity index (χ0v) is 17.7. The number of halogens is 1. The predicted octanol–water partition coefficient (Wildman–Crippen LogP) is 3.64. The number of benzene rings is 1. The van der Waals surface area contributed by atoms with Gasteiger partial charge in [0, 0.05) is 30.0 Å². The van der Waals surface area contributed by atoms with Crippen LogP contribution in [-0.4, -0.2) is 45.7 Å². The van der Waals surface area contributed by atoms with Gasteiger partial charge in [0.2, 0.25) is 0 Å². The molecule has 0 aromatic heterocycles. The third kappa shape index (κ3) is 3.95. The fraction of sp³-hybridized carbons (Fsp3) is 0.333. The van der Waals surface area contributed by atoms with Gasteiger partial charge in [0.15, 0.2) is 0 Å². The molecule has 142 valence electrons. The van der Waals surface area contributed by atoms with Crippen LogP contribution in [-0.2, 0) is 14.4 Å². The van der Waals surface area contributed by atoms with E-state index < -0.39 is 5.97 Å². The Morgan fingerprint density at radius 3 is 2.67 bits per heavy atom. The Kier molecular flexibility index (Phi) is 6.02. The Morgan fingerprint density at radius 1 is 1.22 bits per heavy atom. The zero-order chi connectivity index (χ0) is 19.7. The Labute approximate surface area is 174 Å². The molecular weight excluding hydrogens is 452 g/mol. The number of rotatable bonds is 6. The lowest BCUT2D eigenvalue weighted by Crippen LogP contribution is -2.29. The first-order valence-electron chi connectivity index (χ1n) is 8.39. The zero-order valence-electron chi connectivity index (χ0n) is 14.5. The summed E-state index contributed by atoms with van der Waals surface area (Å²) < 4.78 is 1.26. The fourth-order valence-electron chi connectivity index (χ4n) is 3.08. The summed E-state index contributed by atoms with van der Waals surface area (Å²) in [4.78, 5) is 39.6. The number of amides is 2. The topological polar surface area (TPSA) is 77.9 Å². The van der Waals surface area contributed by atoms with Gasteiger partial charge in [0.25, 0.3) is 11.8 Å². The number of anilines is 1. The van der Waals surface area contributed by atoms with Crippen LogP contribution in [0, 0.1) is 0 Å². The Morgan fingerprint density at radius 2 is 1.96 bits per heavy atom. The van der Waals surface area contributed by atoms with Crippen LogP contribution in [0.3, 0.4) is 0 Å². The molecular formula is C18H17BrN2O4S2. The van der Waals surface area contributed by atoms with Crippen LogP contribution in [0.15, 0.2) is 27.6 Å². The minimum atomic E-state index is -0.820. The van der Waals surface area contributed by atoms with Gasteiger partial charge in [-0.25, -0.2) is 0 Å². The van der Waals surface area contributed by atoms with Crippen LogP contribution < -0.4 is 4.90 Å². The lowest BCUT2D eigenvalue weighted by atomic mass is 10.1. The van der Waals surface area contributed by atoms with Gasteiger partial charge >= 0.3 is 5.97 Å². The van der Waals surface area contributed by atoms with Crippen LogP contribution in [0.25, 0.3) is 5.57 Å². The molecule has 0 radical (unpaired) electrons. The Hall–Kier alpha value is -1.71. The Bertz CT molecular complexity index is 884. The monoisotopic (exact) mass is 468 g/mol. The minimum absolute atomic E-state index is 0.120. The number of carboxylic acids is 1. The van der Waals surface area contributed by atoms with Crippen molar-refractivity contribution < 1.29 is 19.5 Å². The van der Waals surface area contributed by atoms with Crippen LogP contribution in [0.4, 0.5) is 5.69 Å². The number of thioether (sulfide) groups is 1. The number of carbonyl (C=O) groups excluding carboxylic acids is 2. The number of likely N-dealkylation sites (N-methyl/N-ethyl adjacent to an activating group) is 1. The van der Waals surface area contributed by atoms with E-state index in [1.807, 2.05) is 18.2 Å². The molecule has 2 aliphatic rings. The van der Waals surface area contributed by atoms with E-state index in [0.717, 1.165) is 27.5 Å². The lowest BCUT2D eigenvalue weighted by molar-refractivity contribution is -0.137. The van der Waals surface area contributed by atoms with Crippen molar-refractivity contribution in [2.45, 2.75) is 25.7 Å². The molecule has 2 heterocycles. The summed E-state index contributed by atoms with van der Waals surface area (Å²) in [5, 5.41) is 8.68. The second-order valence-corrected chi connectivity index (χ2v) is 8.82. The maximum atomic E-state index is 12.9. The molecule has 1 aromatic carbocycles. The summed E-state index contributed by atoms with van der Waals surface area (Å²) in [6, 6.07) is 5.53. The second-order valence-electron chi connectivity index (χ2n) is 6.26. The van der Waals surface area contributed by atoms with Crippen molar-refractivity contribution in [1.82, 2.24) is 4.90 Å². The number of aliphatic carboxylic acids is 1. The average molecular weight is 469 g/mol. The van der Waals surface area contributed by atoms with Gasteiger partial charge in [-0.3, -0.25) is 19.3 Å². The standard InChI is InChI=1S/C18H17BrN2O4S2/c1-20-12-7-6-10(19)9-11(12)14(16(20)24)15-17(25)21(18(26)27-15)8-4-2-3-5-13(22)23/h6-7,9H,2-5,8H2,1H3,(H,22,23)/b15-14-. The van der Waals surface area contributed by atoms with E-state index in [1.54, 1.807) is 7.05 Å². The lowest BCUT2D eigenvalue weighted by Gasteiger charge is -2.14. The molecule has 1 saturated heterocycles. The first kappa shape index (κ1) is 20.0. The highest BCUT2D eigenvalue weighted by atomic mass is 79.9. The van der Waals surface area contributed by atoms with E-state index in [9.17, 15) is 14.4 Å². The summed E-state index contributed by atoms with van der Waals surface area (Å²) >= 11 is 9.92. The van der Waals surface area contributed by atoms with Gasteiger partial charge in [-0.15, -0.1) is 0 Å².